The van der Waals surface area contributed by atoms with Gasteiger partial charge in [0, 0.05) is 21.7 Å². The number of carbonyl (C=O) groups is 1. The van der Waals surface area contributed by atoms with Crippen LogP contribution in [0, 0.1) is 3.57 Å². The molecule has 1 saturated heterocycles. The minimum Gasteiger partial charge on any atom is -0.376 e. The Hall–Kier alpha value is -0.140. The topological polar surface area (TPSA) is 29.5 Å². The highest BCUT2D eigenvalue weighted by atomic mass is 127. The Kier molecular flexibility index (Phi) is 4.66. The Balaban J connectivity index is 2.22. The van der Waals surface area contributed by atoms with E-state index in [2.05, 4.69) is 38.5 Å². The molecular weight excluding hydrogens is 409 g/mol. The third kappa shape index (κ3) is 2.88. The first kappa shape index (κ1) is 14.3. The third-order valence-corrected chi connectivity index (χ3v) is 4.75. The number of carbonyl (C=O) groups excluding carboxylic acids is 1. The Morgan fingerprint density at radius 1 is 1.56 bits per heavy atom. The molecule has 0 aliphatic carbocycles. The van der Waals surface area contributed by atoms with E-state index in [0.29, 0.717) is 0 Å². The summed E-state index contributed by atoms with van der Waals surface area (Å²) in [4.78, 5) is 14.3. The number of rotatable bonds is 2. The van der Waals surface area contributed by atoms with Gasteiger partial charge in [0.25, 0.3) is 5.91 Å². The number of hydrogen-bond donors (Lipinski definition) is 0. The van der Waals surface area contributed by atoms with Gasteiger partial charge in [-0.3, -0.25) is 4.79 Å². The molecule has 0 radical (unpaired) electrons. The fourth-order valence-electron chi connectivity index (χ4n) is 2.23. The average Bonchev–Trinajstić information content (AvgIpc) is 2.77. The lowest BCUT2D eigenvalue weighted by molar-refractivity contribution is 0.0573. The fourth-order valence-corrected chi connectivity index (χ4v) is 3.16. The summed E-state index contributed by atoms with van der Waals surface area (Å²) in [5.41, 5.74) is 0.742. The van der Waals surface area contributed by atoms with Crippen LogP contribution in [-0.4, -0.2) is 36.6 Å². The molecule has 1 fully saturated rings. The number of ether oxygens (including phenoxy) is 1. The van der Waals surface area contributed by atoms with Gasteiger partial charge in [-0.2, -0.15) is 0 Å². The van der Waals surface area contributed by atoms with E-state index in [1.54, 1.807) is 0 Å². The smallest absolute Gasteiger partial charge is 0.255 e. The van der Waals surface area contributed by atoms with Gasteiger partial charge in [0.05, 0.1) is 17.7 Å². The first-order chi connectivity index (χ1) is 8.50. The largest absolute Gasteiger partial charge is 0.376 e. The lowest BCUT2D eigenvalue weighted by atomic mass is 10.1. The van der Waals surface area contributed by atoms with Gasteiger partial charge in [0.2, 0.25) is 0 Å². The minimum atomic E-state index is 0.0584. The predicted octanol–water partition coefficient (Wildman–Crippen LogP) is 3.30. The molecule has 1 heterocycles. The molecular formula is C13H15BrINO2. The summed E-state index contributed by atoms with van der Waals surface area (Å²) in [5, 5.41) is 0. The van der Waals surface area contributed by atoms with E-state index in [-0.39, 0.29) is 18.1 Å². The summed E-state index contributed by atoms with van der Waals surface area (Å²) in [6.45, 7) is 2.76. The van der Waals surface area contributed by atoms with E-state index in [0.717, 1.165) is 26.6 Å². The highest BCUT2D eigenvalue weighted by molar-refractivity contribution is 14.1. The van der Waals surface area contributed by atoms with Crippen LogP contribution in [0.4, 0.5) is 0 Å². The van der Waals surface area contributed by atoms with Crippen LogP contribution in [0.2, 0.25) is 0 Å². The van der Waals surface area contributed by atoms with Crippen LogP contribution in [0.5, 0.6) is 0 Å². The highest BCUT2D eigenvalue weighted by Crippen LogP contribution is 2.24. The Labute approximate surface area is 129 Å². The first-order valence-electron chi connectivity index (χ1n) is 5.84. The molecule has 2 rings (SSSR count). The van der Waals surface area contributed by atoms with Crippen molar-refractivity contribution in [2.24, 2.45) is 0 Å². The Morgan fingerprint density at radius 2 is 2.28 bits per heavy atom. The molecule has 1 aliphatic rings. The molecule has 0 N–H and O–H groups in total. The summed E-state index contributed by atoms with van der Waals surface area (Å²) in [7, 11) is 1.86. The predicted molar refractivity (Wildman–Crippen MR) is 82.8 cm³/mol. The first-order valence-corrected chi connectivity index (χ1v) is 7.71. The maximum absolute atomic E-state index is 12.5. The second-order valence-electron chi connectivity index (χ2n) is 4.47. The van der Waals surface area contributed by atoms with E-state index >= 15 is 0 Å². The van der Waals surface area contributed by atoms with Gasteiger partial charge in [-0.1, -0.05) is 15.9 Å². The molecule has 1 aromatic rings. The van der Waals surface area contributed by atoms with Gasteiger partial charge in [-0.05, 0) is 54.1 Å². The summed E-state index contributed by atoms with van der Waals surface area (Å²) < 4.78 is 7.42. The van der Waals surface area contributed by atoms with Crippen molar-refractivity contribution < 1.29 is 9.53 Å². The van der Waals surface area contributed by atoms with Gasteiger partial charge in [0.1, 0.15) is 0 Å². The average molecular weight is 424 g/mol. The molecule has 5 heteroatoms. The standard InChI is InChI=1S/C13H15BrINO2/c1-8-12(5-6-18-8)16(2)13(17)10-7-9(14)3-4-11(10)15/h3-4,7-8,12H,5-6H2,1-2H3. The minimum absolute atomic E-state index is 0.0584. The zero-order valence-corrected chi connectivity index (χ0v) is 14.1. The highest BCUT2D eigenvalue weighted by Gasteiger charge is 2.31. The molecule has 18 heavy (non-hydrogen) atoms. The van der Waals surface area contributed by atoms with Gasteiger partial charge >= 0.3 is 0 Å². The van der Waals surface area contributed by atoms with Crippen LogP contribution in [0.1, 0.15) is 23.7 Å². The van der Waals surface area contributed by atoms with Gasteiger partial charge in [-0.25, -0.2) is 0 Å². The number of halogens is 2. The van der Waals surface area contributed by atoms with E-state index in [1.807, 2.05) is 37.1 Å². The van der Waals surface area contributed by atoms with Crippen LogP contribution in [0.25, 0.3) is 0 Å². The monoisotopic (exact) mass is 423 g/mol. The van der Waals surface area contributed by atoms with Crippen molar-refractivity contribution in [1.29, 1.82) is 0 Å². The van der Waals surface area contributed by atoms with Crippen LogP contribution in [0.15, 0.2) is 22.7 Å². The van der Waals surface area contributed by atoms with Crippen molar-refractivity contribution >= 4 is 44.4 Å². The molecule has 0 bridgehead atoms. The van der Waals surface area contributed by atoms with Crippen molar-refractivity contribution in [3.63, 3.8) is 0 Å². The molecule has 2 atom stereocenters. The lowest BCUT2D eigenvalue weighted by Gasteiger charge is -2.27. The molecule has 2 unspecified atom stereocenters. The second-order valence-corrected chi connectivity index (χ2v) is 6.55. The molecule has 1 aliphatic heterocycles. The van der Waals surface area contributed by atoms with E-state index < -0.39 is 0 Å². The lowest BCUT2D eigenvalue weighted by Crippen LogP contribution is -2.41. The van der Waals surface area contributed by atoms with Crippen molar-refractivity contribution in [2.75, 3.05) is 13.7 Å². The number of amides is 1. The molecule has 0 aromatic heterocycles. The second kappa shape index (κ2) is 5.88. The Bertz CT molecular complexity index is 466. The number of nitrogens with zero attached hydrogens (tertiary/aromatic N) is 1. The number of hydrogen-bond acceptors (Lipinski definition) is 2. The summed E-state index contributed by atoms with van der Waals surface area (Å²) in [6.07, 6.45) is 1.03. The zero-order chi connectivity index (χ0) is 13.3. The van der Waals surface area contributed by atoms with Crippen molar-refractivity contribution in [3.05, 3.63) is 31.8 Å². The molecule has 1 aromatic carbocycles. The normalized spacial score (nSPS) is 23.1. The van der Waals surface area contributed by atoms with Crippen molar-refractivity contribution in [2.45, 2.75) is 25.5 Å². The van der Waals surface area contributed by atoms with Crippen LogP contribution in [0.3, 0.4) is 0 Å². The van der Waals surface area contributed by atoms with E-state index in [4.69, 9.17) is 4.74 Å². The van der Waals surface area contributed by atoms with Crippen LogP contribution < -0.4 is 0 Å². The van der Waals surface area contributed by atoms with Crippen molar-refractivity contribution in [1.82, 2.24) is 4.90 Å². The van der Waals surface area contributed by atoms with Gasteiger partial charge < -0.3 is 9.64 Å². The molecule has 98 valence electrons. The summed E-state index contributed by atoms with van der Waals surface area (Å²) in [6, 6.07) is 5.94. The van der Waals surface area contributed by atoms with Crippen molar-refractivity contribution in [3.8, 4) is 0 Å². The zero-order valence-electron chi connectivity index (χ0n) is 10.3. The third-order valence-electron chi connectivity index (χ3n) is 3.31. The number of benzene rings is 1. The van der Waals surface area contributed by atoms with Crippen LogP contribution in [-0.2, 0) is 4.74 Å². The van der Waals surface area contributed by atoms with Crippen LogP contribution >= 0.6 is 38.5 Å². The molecule has 0 saturated carbocycles. The maximum Gasteiger partial charge on any atom is 0.255 e. The molecule has 0 spiro atoms. The SMILES string of the molecule is CC1OCCC1N(C)C(=O)c1cc(Br)ccc1I. The Morgan fingerprint density at radius 3 is 2.89 bits per heavy atom. The molecule has 1 amide bonds. The van der Waals surface area contributed by atoms with Gasteiger partial charge in [0.15, 0.2) is 0 Å². The van der Waals surface area contributed by atoms with E-state index in [9.17, 15) is 4.79 Å². The van der Waals surface area contributed by atoms with E-state index in [1.165, 1.54) is 0 Å². The fraction of sp³-hybridized carbons (Fsp3) is 0.462. The number of likely N-dealkylation sites (N-methyl/N-ethyl adjacent to an activating group) is 1. The van der Waals surface area contributed by atoms with Gasteiger partial charge in [-0.15, -0.1) is 0 Å². The summed E-state index contributed by atoms with van der Waals surface area (Å²) in [5.74, 6) is 0.0584. The quantitative estimate of drug-likeness (QED) is 0.683. The molecule has 3 nitrogen and oxygen atoms in total. The summed E-state index contributed by atoms with van der Waals surface area (Å²) >= 11 is 5.60. The maximum atomic E-state index is 12.5.